The van der Waals surface area contributed by atoms with Crippen LogP contribution in [0.2, 0.25) is 0 Å². The van der Waals surface area contributed by atoms with Crippen molar-refractivity contribution in [1.82, 2.24) is 0 Å². The molecule has 0 saturated heterocycles. The summed E-state index contributed by atoms with van der Waals surface area (Å²) in [6, 6.07) is -0.716. The first kappa shape index (κ1) is 24.1. The zero-order chi connectivity index (χ0) is 17.9. The van der Waals surface area contributed by atoms with Crippen molar-refractivity contribution in [3.05, 3.63) is 0 Å². The van der Waals surface area contributed by atoms with E-state index in [0.717, 1.165) is 25.7 Å². The van der Waals surface area contributed by atoms with E-state index in [-0.39, 0.29) is 0 Å². The topological polar surface area (TPSA) is 127 Å². The summed E-state index contributed by atoms with van der Waals surface area (Å²) in [5, 5.41) is 16.7. The molecular formula is C17H36N2O4. The van der Waals surface area contributed by atoms with Gasteiger partial charge in [-0.25, -0.2) is 0 Å². The molecule has 23 heavy (non-hydrogen) atoms. The quantitative estimate of drug-likeness (QED) is 0.362. The molecule has 0 aliphatic carbocycles. The molecule has 0 spiro atoms. The van der Waals surface area contributed by atoms with Crippen LogP contribution in [0.3, 0.4) is 0 Å². The Balaban J connectivity index is 0. The Hall–Kier alpha value is -1.14. The molecule has 0 rings (SSSR count). The van der Waals surface area contributed by atoms with E-state index >= 15 is 0 Å². The zero-order valence-corrected chi connectivity index (χ0v) is 14.6. The number of aliphatic carboxylic acids is 2. The molecule has 138 valence electrons. The van der Waals surface area contributed by atoms with E-state index in [4.69, 9.17) is 21.7 Å². The van der Waals surface area contributed by atoms with Crippen molar-refractivity contribution in [3.8, 4) is 0 Å². The first-order chi connectivity index (χ1) is 11.0. The van der Waals surface area contributed by atoms with Gasteiger partial charge in [-0.3, -0.25) is 9.59 Å². The summed E-state index contributed by atoms with van der Waals surface area (Å²) in [4.78, 5) is 20.3. The molecule has 0 aliphatic rings. The number of carboxylic acid groups (broad SMARTS) is 2. The highest BCUT2D eigenvalue weighted by molar-refractivity contribution is 5.72. The van der Waals surface area contributed by atoms with Crippen LogP contribution in [-0.2, 0) is 9.59 Å². The number of rotatable bonds is 14. The minimum absolute atomic E-state index is 0.342. The van der Waals surface area contributed by atoms with E-state index in [1.165, 1.54) is 38.5 Å². The molecule has 0 amide bonds. The van der Waals surface area contributed by atoms with Crippen molar-refractivity contribution >= 4 is 11.9 Å². The van der Waals surface area contributed by atoms with Crippen molar-refractivity contribution in [2.75, 3.05) is 6.54 Å². The molecule has 6 N–H and O–H groups in total. The van der Waals surface area contributed by atoms with Gasteiger partial charge in [0.25, 0.3) is 0 Å². The van der Waals surface area contributed by atoms with Crippen LogP contribution < -0.4 is 11.5 Å². The molecule has 0 saturated carbocycles. The van der Waals surface area contributed by atoms with E-state index in [9.17, 15) is 9.59 Å². The lowest BCUT2D eigenvalue weighted by Gasteiger charge is -2.03. The van der Waals surface area contributed by atoms with Gasteiger partial charge in [-0.05, 0) is 25.8 Å². The molecule has 1 atom stereocenters. The van der Waals surface area contributed by atoms with Crippen LogP contribution >= 0.6 is 0 Å². The van der Waals surface area contributed by atoms with Crippen LogP contribution in [0.25, 0.3) is 0 Å². The predicted octanol–water partition coefficient (Wildman–Crippen LogP) is 3.13. The average Bonchev–Trinajstić information content (AvgIpc) is 2.50. The Morgan fingerprint density at radius 3 is 1.83 bits per heavy atom. The second-order valence-corrected chi connectivity index (χ2v) is 5.85. The Morgan fingerprint density at radius 1 is 0.870 bits per heavy atom. The molecule has 0 aromatic rings. The lowest BCUT2D eigenvalue weighted by Crippen LogP contribution is -2.29. The highest BCUT2D eigenvalue weighted by Gasteiger charge is 2.09. The van der Waals surface area contributed by atoms with Gasteiger partial charge < -0.3 is 21.7 Å². The largest absolute Gasteiger partial charge is 0.481 e. The van der Waals surface area contributed by atoms with Gasteiger partial charge in [0.15, 0.2) is 0 Å². The first-order valence-electron chi connectivity index (χ1n) is 8.85. The molecule has 0 aromatic heterocycles. The Bertz CT molecular complexity index is 286. The standard InChI is InChI=1S/C11H22O2.C6H14N2O2/c1-2-3-4-5-6-7-8-9-10-11(12)13;7-4-2-1-3-5(8)6(9)10/h2-10H2,1H3,(H,12,13);5H,1-4,7-8H2,(H,9,10)/t;5-/m.0/s1. The summed E-state index contributed by atoms with van der Waals surface area (Å²) in [6.45, 7) is 2.82. The zero-order valence-electron chi connectivity index (χ0n) is 14.6. The van der Waals surface area contributed by atoms with Gasteiger partial charge in [-0.2, -0.15) is 0 Å². The summed E-state index contributed by atoms with van der Waals surface area (Å²) in [5.41, 5.74) is 10.4. The molecule has 0 radical (unpaired) electrons. The number of carboxylic acids is 2. The third-order valence-corrected chi connectivity index (χ3v) is 3.53. The number of carbonyl (C=O) groups is 2. The molecule has 6 heteroatoms. The smallest absolute Gasteiger partial charge is 0.320 e. The van der Waals surface area contributed by atoms with Crippen LogP contribution in [0.4, 0.5) is 0 Å². The van der Waals surface area contributed by atoms with E-state index in [2.05, 4.69) is 6.92 Å². The molecular weight excluding hydrogens is 296 g/mol. The Labute approximate surface area is 140 Å². The molecule has 6 nitrogen and oxygen atoms in total. The highest BCUT2D eigenvalue weighted by atomic mass is 16.4. The summed E-state index contributed by atoms with van der Waals surface area (Å²) in [6.07, 6.45) is 12.2. The fourth-order valence-corrected chi connectivity index (χ4v) is 2.04. The van der Waals surface area contributed by atoms with Gasteiger partial charge in [0.2, 0.25) is 0 Å². The Kier molecular flexibility index (Phi) is 19.8. The summed E-state index contributed by atoms with van der Waals surface area (Å²) in [7, 11) is 0. The molecule has 0 aromatic carbocycles. The summed E-state index contributed by atoms with van der Waals surface area (Å²) < 4.78 is 0. The molecule has 0 unspecified atom stereocenters. The highest BCUT2D eigenvalue weighted by Crippen LogP contribution is 2.09. The van der Waals surface area contributed by atoms with E-state index in [1.54, 1.807) is 0 Å². The molecule has 0 heterocycles. The normalized spacial score (nSPS) is 11.4. The van der Waals surface area contributed by atoms with Gasteiger partial charge in [0, 0.05) is 6.42 Å². The maximum absolute atomic E-state index is 10.2. The number of hydrogen-bond acceptors (Lipinski definition) is 4. The van der Waals surface area contributed by atoms with Gasteiger partial charge in [0.05, 0.1) is 0 Å². The van der Waals surface area contributed by atoms with Crippen molar-refractivity contribution in [3.63, 3.8) is 0 Å². The number of unbranched alkanes of at least 4 members (excludes halogenated alkanes) is 8. The number of nitrogens with two attached hydrogens (primary N) is 2. The fourth-order valence-electron chi connectivity index (χ4n) is 2.04. The van der Waals surface area contributed by atoms with Gasteiger partial charge in [-0.15, -0.1) is 0 Å². The molecule has 0 aliphatic heterocycles. The monoisotopic (exact) mass is 332 g/mol. The van der Waals surface area contributed by atoms with E-state index in [1.807, 2.05) is 0 Å². The lowest BCUT2D eigenvalue weighted by atomic mass is 10.1. The average molecular weight is 332 g/mol. The maximum atomic E-state index is 10.2. The lowest BCUT2D eigenvalue weighted by molar-refractivity contribution is -0.139. The minimum Gasteiger partial charge on any atom is -0.481 e. The van der Waals surface area contributed by atoms with Crippen LogP contribution in [-0.4, -0.2) is 34.7 Å². The van der Waals surface area contributed by atoms with Gasteiger partial charge in [0.1, 0.15) is 6.04 Å². The molecule has 0 bridgehead atoms. The van der Waals surface area contributed by atoms with Gasteiger partial charge >= 0.3 is 11.9 Å². The second kappa shape index (κ2) is 18.9. The minimum atomic E-state index is -0.933. The van der Waals surface area contributed by atoms with E-state index in [0.29, 0.717) is 19.4 Å². The SMILES string of the molecule is CCCCCCCCCCC(=O)O.NCCCC[C@H](N)C(=O)O. The Morgan fingerprint density at radius 2 is 1.39 bits per heavy atom. The number of hydrogen-bond donors (Lipinski definition) is 4. The molecule has 0 fully saturated rings. The van der Waals surface area contributed by atoms with Crippen LogP contribution in [0, 0.1) is 0 Å². The fraction of sp³-hybridized carbons (Fsp3) is 0.882. The van der Waals surface area contributed by atoms with Crippen LogP contribution in [0.5, 0.6) is 0 Å². The van der Waals surface area contributed by atoms with Crippen molar-refractivity contribution in [2.24, 2.45) is 11.5 Å². The van der Waals surface area contributed by atoms with E-state index < -0.39 is 18.0 Å². The summed E-state index contributed by atoms with van der Waals surface area (Å²) in [5.74, 6) is -1.59. The maximum Gasteiger partial charge on any atom is 0.320 e. The third kappa shape index (κ3) is 23.3. The van der Waals surface area contributed by atoms with Crippen molar-refractivity contribution in [2.45, 2.75) is 90.0 Å². The van der Waals surface area contributed by atoms with Gasteiger partial charge in [-0.1, -0.05) is 58.3 Å². The summed E-state index contributed by atoms with van der Waals surface area (Å²) >= 11 is 0. The first-order valence-corrected chi connectivity index (χ1v) is 8.85. The predicted molar refractivity (Wildman–Crippen MR) is 93.4 cm³/mol. The van der Waals surface area contributed by atoms with Crippen LogP contribution in [0.1, 0.15) is 84.0 Å². The van der Waals surface area contributed by atoms with Crippen LogP contribution in [0.15, 0.2) is 0 Å². The third-order valence-electron chi connectivity index (χ3n) is 3.53. The van der Waals surface area contributed by atoms with Crippen molar-refractivity contribution in [1.29, 1.82) is 0 Å². The van der Waals surface area contributed by atoms with Crippen molar-refractivity contribution < 1.29 is 19.8 Å². The second-order valence-electron chi connectivity index (χ2n) is 5.85.